The predicted octanol–water partition coefficient (Wildman–Crippen LogP) is 1.74. The maximum Gasteiger partial charge on any atom is 0.305 e. The van der Waals surface area contributed by atoms with Crippen molar-refractivity contribution in [2.75, 3.05) is 13.2 Å². The quantitative estimate of drug-likeness (QED) is 0.528. The maximum atomic E-state index is 11.1. The Labute approximate surface area is 80.1 Å². The Kier molecular flexibility index (Phi) is 5.71. The van der Waals surface area contributed by atoms with Gasteiger partial charge in [0.05, 0.1) is 6.61 Å². The van der Waals surface area contributed by atoms with Crippen molar-refractivity contribution in [2.24, 2.45) is 5.41 Å². The van der Waals surface area contributed by atoms with Crippen molar-refractivity contribution < 1.29 is 14.6 Å². The van der Waals surface area contributed by atoms with Crippen LogP contribution in [0, 0.1) is 5.41 Å². The van der Waals surface area contributed by atoms with E-state index in [1.54, 1.807) is 0 Å². The van der Waals surface area contributed by atoms with Crippen molar-refractivity contribution >= 4 is 5.97 Å². The number of ether oxygens (including phenoxy) is 1. The Morgan fingerprint density at radius 3 is 2.38 bits per heavy atom. The molecule has 0 unspecified atom stereocenters. The Hall–Kier alpha value is -0.570. The Balaban J connectivity index is 3.41. The van der Waals surface area contributed by atoms with E-state index >= 15 is 0 Å². The lowest BCUT2D eigenvalue weighted by molar-refractivity contribution is -0.146. The van der Waals surface area contributed by atoms with Crippen molar-refractivity contribution in [1.82, 2.24) is 0 Å². The van der Waals surface area contributed by atoms with Gasteiger partial charge >= 0.3 is 5.97 Å². The summed E-state index contributed by atoms with van der Waals surface area (Å²) in [6, 6.07) is 0. The van der Waals surface area contributed by atoms with Crippen LogP contribution in [-0.4, -0.2) is 24.3 Å². The van der Waals surface area contributed by atoms with E-state index in [-0.39, 0.29) is 18.0 Å². The second kappa shape index (κ2) is 5.97. The van der Waals surface area contributed by atoms with Crippen LogP contribution in [0.1, 0.15) is 40.0 Å². The fraction of sp³-hybridized carbons (Fsp3) is 0.900. The molecule has 0 saturated heterocycles. The lowest BCUT2D eigenvalue weighted by atomic mass is 9.99. The summed E-state index contributed by atoms with van der Waals surface area (Å²) in [4.78, 5) is 11.1. The first-order valence-electron chi connectivity index (χ1n) is 4.72. The molecule has 0 amide bonds. The third kappa shape index (κ3) is 9.34. The molecule has 3 heteroatoms. The first kappa shape index (κ1) is 12.4. The summed E-state index contributed by atoms with van der Waals surface area (Å²) in [6.45, 7) is 6.67. The molecular formula is C10H20O3. The molecule has 0 radical (unpaired) electrons. The third-order valence-electron chi connectivity index (χ3n) is 1.46. The minimum absolute atomic E-state index is 0.0344. The Morgan fingerprint density at radius 2 is 1.92 bits per heavy atom. The van der Waals surface area contributed by atoms with Crippen LogP contribution in [0.3, 0.4) is 0 Å². The number of unbranched alkanes of at least 4 members (excludes halogenated alkanes) is 1. The van der Waals surface area contributed by atoms with Gasteiger partial charge in [-0.05, 0) is 18.3 Å². The fourth-order valence-electron chi connectivity index (χ4n) is 0.750. The SMILES string of the molecule is CC(C)(C)COC(=O)CCCCO. The van der Waals surface area contributed by atoms with E-state index < -0.39 is 0 Å². The molecule has 0 aromatic heterocycles. The molecule has 0 aromatic carbocycles. The molecule has 0 aliphatic carbocycles. The number of hydrogen-bond acceptors (Lipinski definition) is 3. The third-order valence-corrected chi connectivity index (χ3v) is 1.46. The number of aliphatic hydroxyl groups excluding tert-OH is 1. The topological polar surface area (TPSA) is 46.5 Å². The highest BCUT2D eigenvalue weighted by molar-refractivity contribution is 5.69. The molecule has 1 N–H and O–H groups in total. The molecule has 0 spiro atoms. The van der Waals surface area contributed by atoms with E-state index in [1.165, 1.54) is 0 Å². The lowest BCUT2D eigenvalue weighted by Gasteiger charge is -2.17. The standard InChI is InChI=1S/C10H20O3/c1-10(2,3)8-13-9(12)6-4-5-7-11/h11H,4-8H2,1-3H3. The van der Waals surface area contributed by atoms with Gasteiger partial charge in [0.2, 0.25) is 0 Å². The van der Waals surface area contributed by atoms with Gasteiger partial charge in [-0.25, -0.2) is 0 Å². The summed E-state index contributed by atoms with van der Waals surface area (Å²) in [7, 11) is 0. The average Bonchev–Trinajstić information content (AvgIpc) is 2.00. The zero-order chi connectivity index (χ0) is 10.3. The van der Waals surface area contributed by atoms with E-state index in [0.717, 1.165) is 0 Å². The van der Waals surface area contributed by atoms with Crippen molar-refractivity contribution in [2.45, 2.75) is 40.0 Å². The monoisotopic (exact) mass is 188 g/mol. The van der Waals surface area contributed by atoms with Crippen LogP contribution >= 0.6 is 0 Å². The van der Waals surface area contributed by atoms with Gasteiger partial charge in [0.25, 0.3) is 0 Å². The molecule has 0 aliphatic heterocycles. The molecule has 0 atom stereocenters. The minimum Gasteiger partial charge on any atom is -0.465 e. The molecule has 0 heterocycles. The van der Waals surface area contributed by atoms with E-state index in [0.29, 0.717) is 25.9 Å². The van der Waals surface area contributed by atoms with Crippen molar-refractivity contribution in [3.05, 3.63) is 0 Å². The fourth-order valence-corrected chi connectivity index (χ4v) is 0.750. The molecule has 0 aliphatic rings. The van der Waals surface area contributed by atoms with Gasteiger partial charge in [0.1, 0.15) is 0 Å². The van der Waals surface area contributed by atoms with Gasteiger partial charge in [-0.1, -0.05) is 20.8 Å². The molecule has 0 aromatic rings. The van der Waals surface area contributed by atoms with Crippen LogP contribution in [0.25, 0.3) is 0 Å². The van der Waals surface area contributed by atoms with Crippen LogP contribution < -0.4 is 0 Å². The summed E-state index contributed by atoms with van der Waals surface area (Å²) in [5.74, 6) is -0.164. The summed E-state index contributed by atoms with van der Waals surface area (Å²) in [6.07, 6.45) is 1.79. The molecular weight excluding hydrogens is 168 g/mol. The van der Waals surface area contributed by atoms with E-state index in [9.17, 15) is 4.79 Å². The maximum absolute atomic E-state index is 11.1. The van der Waals surface area contributed by atoms with Crippen LogP contribution in [0.15, 0.2) is 0 Å². The van der Waals surface area contributed by atoms with E-state index in [2.05, 4.69) is 0 Å². The van der Waals surface area contributed by atoms with Gasteiger partial charge in [0.15, 0.2) is 0 Å². The van der Waals surface area contributed by atoms with Gasteiger partial charge in [0, 0.05) is 13.0 Å². The summed E-state index contributed by atoms with van der Waals surface area (Å²) in [5.41, 5.74) is 0.0344. The first-order valence-corrected chi connectivity index (χ1v) is 4.72. The van der Waals surface area contributed by atoms with Crippen molar-refractivity contribution in [1.29, 1.82) is 0 Å². The summed E-state index contributed by atoms with van der Waals surface area (Å²) < 4.78 is 5.03. The number of carbonyl (C=O) groups is 1. The largest absolute Gasteiger partial charge is 0.465 e. The minimum atomic E-state index is -0.164. The number of hydrogen-bond donors (Lipinski definition) is 1. The van der Waals surface area contributed by atoms with Crippen LogP contribution in [0.2, 0.25) is 0 Å². The normalized spacial score (nSPS) is 11.4. The zero-order valence-corrected chi connectivity index (χ0v) is 8.80. The highest BCUT2D eigenvalue weighted by atomic mass is 16.5. The van der Waals surface area contributed by atoms with Gasteiger partial charge in [-0.2, -0.15) is 0 Å². The number of rotatable bonds is 5. The summed E-state index contributed by atoms with van der Waals surface area (Å²) >= 11 is 0. The van der Waals surface area contributed by atoms with E-state index in [4.69, 9.17) is 9.84 Å². The molecule has 0 saturated carbocycles. The molecule has 78 valence electrons. The second-order valence-corrected chi connectivity index (χ2v) is 4.40. The highest BCUT2D eigenvalue weighted by Crippen LogP contribution is 2.13. The van der Waals surface area contributed by atoms with Gasteiger partial charge < -0.3 is 9.84 Å². The van der Waals surface area contributed by atoms with Crippen LogP contribution in [-0.2, 0) is 9.53 Å². The average molecular weight is 188 g/mol. The van der Waals surface area contributed by atoms with Gasteiger partial charge in [-0.15, -0.1) is 0 Å². The van der Waals surface area contributed by atoms with Crippen molar-refractivity contribution in [3.8, 4) is 0 Å². The van der Waals surface area contributed by atoms with Crippen LogP contribution in [0.5, 0.6) is 0 Å². The highest BCUT2D eigenvalue weighted by Gasteiger charge is 2.13. The summed E-state index contributed by atoms with van der Waals surface area (Å²) in [5, 5.41) is 8.49. The molecule has 0 rings (SSSR count). The zero-order valence-electron chi connectivity index (χ0n) is 8.80. The molecule has 3 nitrogen and oxygen atoms in total. The predicted molar refractivity (Wildman–Crippen MR) is 51.4 cm³/mol. The molecule has 13 heavy (non-hydrogen) atoms. The second-order valence-electron chi connectivity index (χ2n) is 4.40. The molecule has 0 bridgehead atoms. The number of esters is 1. The number of aliphatic hydroxyl groups is 1. The van der Waals surface area contributed by atoms with Gasteiger partial charge in [-0.3, -0.25) is 4.79 Å². The van der Waals surface area contributed by atoms with E-state index in [1.807, 2.05) is 20.8 Å². The number of carbonyl (C=O) groups excluding carboxylic acids is 1. The first-order chi connectivity index (χ1) is 5.95. The van der Waals surface area contributed by atoms with Crippen LogP contribution in [0.4, 0.5) is 0 Å². The Morgan fingerprint density at radius 1 is 1.31 bits per heavy atom. The molecule has 0 fully saturated rings. The van der Waals surface area contributed by atoms with Crippen molar-refractivity contribution in [3.63, 3.8) is 0 Å². The lowest BCUT2D eigenvalue weighted by Crippen LogP contribution is -2.18. The Bertz CT molecular complexity index is 147. The smallest absolute Gasteiger partial charge is 0.305 e.